The molecule has 0 fully saturated rings. The number of rotatable bonds is 4. The third-order valence-corrected chi connectivity index (χ3v) is 6.70. The number of benzene rings is 2. The summed E-state index contributed by atoms with van der Waals surface area (Å²) in [4.78, 5) is 3.78. The molecule has 0 saturated heterocycles. The first-order valence-electron chi connectivity index (χ1n) is 8.40. The quantitative estimate of drug-likeness (QED) is 0.663. The maximum Gasteiger partial charge on any atom is 0.240 e. The molecule has 1 aromatic heterocycles. The van der Waals surface area contributed by atoms with E-state index in [4.69, 9.17) is 0 Å². The van der Waals surface area contributed by atoms with Crippen LogP contribution in [0.5, 0.6) is 0 Å². The van der Waals surface area contributed by atoms with E-state index in [0.717, 1.165) is 28.4 Å². The van der Waals surface area contributed by atoms with Gasteiger partial charge in [0.15, 0.2) is 0 Å². The fourth-order valence-corrected chi connectivity index (χ4v) is 4.72. The number of nitrogens with one attached hydrogen (secondary N) is 2. The molecule has 4 nitrogen and oxygen atoms in total. The third-order valence-electron chi connectivity index (χ3n) is 4.75. The molecule has 6 heteroatoms. The Kier molecular flexibility index (Phi) is 4.43. The summed E-state index contributed by atoms with van der Waals surface area (Å²) < 4.78 is 28.4. The molecule has 0 spiro atoms. The van der Waals surface area contributed by atoms with Crippen molar-refractivity contribution >= 4 is 36.9 Å². The lowest BCUT2D eigenvalue weighted by molar-refractivity contribution is 0.581. The van der Waals surface area contributed by atoms with Crippen LogP contribution in [0.25, 0.3) is 10.9 Å². The second-order valence-electron chi connectivity index (χ2n) is 6.45. The minimum atomic E-state index is -3.51. The van der Waals surface area contributed by atoms with Gasteiger partial charge in [0.1, 0.15) is 0 Å². The number of aryl methyl sites for hydroxylation is 2. The highest BCUT2D eigenvalue weighted by Gasteiger charge is 2.17. The largest absolute Gasteiger partial charge is 0.358 e. The average Bonchev–Trinajstić information content (AvgIpc) is 2.98. The summed E-state index contributed by atoms with van der Waals surface area (Å²) in [6, 6.07) is 12.8. The maximum absolute atomic E-state index is 12.4. The molecule has 4 rings (SSSR count). The molecule has 0 amide bonds. The molecular weight excluding hydrogens is 400 g/mol. The highest BCUT2D eigenvalue weighted by Crippen LogP contribution is 2.29. The van der Waals surface area contributed by atoms with Gasteiger partial charge in [-0.05, 0) is 73.2 Å². The first-order valence-corrected chi connectivity index (χ1v) is 10.7. The van der Waals surface area contributed by atoms with E-state index in [1.807, 2.05) is 6.07 Å². The summed E-state index contributed by atoms with van der Waals surface area (Å²) in [6.45, 7) is 0.286. The molecule has 0 bridgehead atoms. The second-order valence-corrected chi connectivity index (χ2v) is 9.13. The molecule has 2 aromatic carbocycles. The zero-order valence-electron chi connectivity index (χ0n) is 13.7. The van der Waals surface area contributed by atoms with Gasteiger partial charge in [-0.3, -0.25) is 0 Å². The zero-order valence-corrected chi connectivity index (χ0v) is 16.1. The van der Waals surface area contributed by atoms with Crippen LogP contribution >= 0.6 is 15.9 Å². The number of sulfonamides is 1. The zero-order chi connectivity index (χ0) is 17.4. The number of fused-ring (bicyclic) bond motifs is 3. The van der Waals surface area contributed by atoms with Gasteiger partial charge < -0.3 is 4.98 Å². The molecule has 1 aliphatic carbocycles. The van der Waals surface area contributed by atoms with Crippen molar-refractivity contribution in [1.29, 1.82) is 0 Å². The minimum absolute atomic E-state index is 0.274. The van der Waals surface area contributed by atoms with Crippen LogP contribution in [0.3, 0.4) is 0 Å². The Bertz CT molecular complexity index is 1020. The number of aromatic nitrogens is 1. The van der Waals surface area contributed by atoms with Crippen LogP contribution in [0.4, 0.5) is 0 Å². The highest BCUT2D eigenvalue weighted by atomic mass is 79.9. The van der Waals surface area contributed by atoms with E-state index in [1.54, 1.807) is 24.3 Å². The first-order chi connectivity index (χ1) is 12.0. The molecule has 0 radical (unpaired) electrons. The van der Waals surface area contributed by atoms with E-state index in [1.165, 1.54) is 29.5 Å². The lowest BCUT2D eigenvalue weighted by atomic mass is 9.95. The molecule has 2 N–H and O–H groups in total. The highest BCUT2D eigenvalue weighted by molar-refractivity contribution is 9.10. The van der Waals surface area contributed by atoms with E-state index >= 15 is 0 Å². The molecule has 0 aliphatic heterocycles. The van der Waals surface area contributed by atoms with Crippen LogP contribution in [-0.2, 0) is 29.4 Å². The summed E-state index contributed by atoms with van der Waals surface area (Å²) in [5, 5.41) is 1.23. The van der Waals surface area contributed by atoms with E-state index < -0.39 is 10.0 Å². The molecular formula is C19H19BrN2O2S. The van der Waals surface area contributed by atoms with Crippen molar-refractivity contribution in [2.45, 2.75) is 37.1 Å². The van der Waals surface area contributed by atoms with Crippen LogP contribution in [0.1, 0.15) is 29.7 Å². The second kappa shape index (κ2) is 6.59. The number of hydrogen-bond donors (Lipinski definition) is 2. The minimum Gasteiger partial charge on any atom is -0.358 e. The van der Waals surface area contributed by atoms with Crippen molar-refractivity contribution in [3.63, 3.8) is 0 Å². The summed E-state index contributed by atoms with van der Waals surface area (Å²) in [5.41, 5.74) is 4.86. The van der Waals surface area contributed by atoms with Crippen molar-refractivity contribution in [2.75, 3.05) is 0 Å². The van der Waals surface area contributed by atoms with Gasteiger partial charge in [0, 0.05) is 27.6 Å². The summed E-state index contributed by atoms with van der Waals surface area (Å²) in [7, 11) is -3.51. The van der Waals surface area contributed by atoms with Crippen molar-refractivity contribution in [1.82, 2.24) is 9.71 Å². The molecule has 1 aliphatic rings. The lowest BCUT2D eigenvalue weighted by Gasteiger charge is -2.11. The van der Waals surface area contributed by atoms with Crippen LogP contribution in [-0.4, -0.2) is 13.4 Å². The Balaban J connectivity index is 1.57. The standard InChI is InChI=1S/C19H19BrN2O2S/c20-14-6-8-15(9-7-14)25(23,24)21-12-13-5-10-19-17(11-13)16-3-1-2-4-18(16)22-19/h5-11,21-22H,1-4,12H2. The normalized spacial score (nSPS) is 14.6. The Hall–Kier alpha value is -1.63. The molecule has 130 valence electrons. The molecule has 25 heavy (non-hydrogen) atoms. The van der Waals surface area contributed by atoms with E-state index in [9.17, 15) is 8.42 Å². The van der Waals surface area contributed by atoms with E-state index in [2.05, 4.69) is 37.8 Å². The van der Waals surface area contributed by atoms with Crippen molar-refractivity contribution in [3.8, 4) is 0 Å². The number of halogens is 1. The van der Waals surface area contributed by atoms with Gasteiger partial charge in [-0.2, -0.15) is 0 Å². The molecule has 0 unspecified atom stereocenters. The number of hydrogen-bond acceptors (Lipinski definition) is 2. The van der Waals surface area contributed by atoms with Crippen LogP contribution < -0.4 is 4.72 Å². The van der Waals surface area contributed by atoms with Gasteiger partial charge in [0.2, 0.25) is 10.0 Å². The molecule has 0 saturated carbocycles. The Morgan fingerprint density at radius 1 is 1.04 bits per heavy atom. The van der Waals surface area contributed by atoms with Crippen LogP contribution in [0, 0.1) is 0 Å². The van der Waals surface area contributed by atoms with Crippen molar-refractivity contribution < 1.29 is 8.42 Å². The fraction of sp³-hybridized carbons (Fsp3) is 0.263. The third kappa shape index (κ3) is 3.38. The van der Waals surface area contributed by atoms with Gasteiger partial charge in [0.05, 0.1) is 4.90 Å². The lowest BCUT2D eigenvalue weighted by Crippen LogP contribution is -2.23. The monoisotopic (exact) mass is 418 g/mol. The van der Waals surface area contributed by atoms with Gasteiger partial charge in [0.25, 0.3) is 0 Å². The van der Waals surface area contributed by atoms with Crippen molar-refractivity contribution in [2.24, 2.45) is 0 Å². The number of H-pyrrole nitrogens is 1. The number of aromatic amines is 1. The van der Waals surface area contributed by atoms with Gasteiger partial charge in [-0.25, -0.2) is 13.1 Å². The SMILES string of the molecule is O=S(=O)(NCc1ccc2[nH]c3c(c2c1)CCCC3)c1ccc(Br)cc1. The predicted molar refractivity (Wildman–Crippen MR) is 103 cm³/mol. The summed E-state index contributed by atoms with van der Waals surface area (Å²) in [5.74, 6) is 0. The van der Waals surface area contributed by atoms with Crippen LogP contribution in [0.15, 0.2) is 51.8 Å². The van der Waals surface area contributed by atoms with E-state index in [0.29, 0.717) is 0 Å². The first kappa shape index (κ1) is 16.8. The Labute approximate surface area is 155 Å². The summed E-state index contributed by atoms with van der Waals surface area (Å²) >= 11 is 3.32. The maximum atomic E-state index is 12.4. The van der Waals surface area contributed by atoms with Gasteiger partial charge in [-0.1, -0.05) is 22.0 Å². The predicted octanol–water partition coefficient (Wildman–Crippen LogP) is 4.29. The molecule has 1 heterocycles. The van der Waals surface area contributed by atoms with Crippen molar-refractivity contribution in [3.05, 3.63) is 63.8 Å². The molecule has 3 aromatic rings. The fourth-order valence-electron chi connectivity index (χ4n) is 3.44. The van der Waals surface area contributed by atoms with Gasteiger partial charge >= 0.3 is 0 Å². The Morgan fingerprint density at radius 3 is 2.60 bits per heavy atom. The van der Waals surface area contributed by atoms with Gasteiger partial charge in [-0.15, -0.1) is 0 Å². The summed E-state index contributed by atoms with van der Waals surface area (Å²) in [6.07, 6.45) is 4.67. The molecule has 0 atom stereocenters. The average molecular weight is 419 g/mol. The van der Waals surface area contributed by atoms with Crippen LogP contribution in [0.2, 0.25) is 0 Å². The Morgan fingerprint density at radius 2 is 1.80 bits per heavy atom. The van der Waals surface area contributed by atoms with E-state index in [-0.39, 0.29) is 11.4 Å². The topological polar surface area (TPSA) is 62.0 Å². The smallest absolute Gasteiger partial charge is 0.240 e.